The SMILES string of the molecule is CC(=O)OCCCn1c(=O)c2c(Cc3ccc(Cl)cc3)c(-c3cccc(Cl)c3)sc2n(C)c1=O.CCCCn1c(=O)c2c(C(O)c3ccc(Cl)cc3)c(-c3cccc(Cl)c3)sc2n(C)c1=O.CC[SiH](CC)CC.O=CC(F)(F)F. The van der Waals surface area contributed by atoms with Crippen LogP contribution in [0.3, 0.4) is 0 Å². The number of fused-ring (bicyclic) bond motifs is 2. The number of unbranched alkanes of at least 4 members (excludes halogenated alkanes) is 1. The van der Waals surface area contributed by atoms with Crippen LogP contribution in [0.5, 0.6) is 0 Å². The van der Waals surface area contributed by atoms with Crippen molar-refractivity contribution < 1.29 is 32.6 Å². The molecule has 1 atom stereocenters. The average Bonchev–Trinajstić information content (AvgIpc) is 4.25. The number of benzene rings is 4. The second-order valence-electron chi connectivity index (χ2n) is 18.3. The number of hydrogen-bond acceptors (Lipinski definition) is 10. The number of nitrogens with zero attached hydrogens (tertiary/aromatic N) is 4. The van der Waals surface area contributed by atoms with Crippen LogP contribution in [0, 0.1) is 0 Å². The van der Waals surface area contributed by atoms with Gasteiger partial charge in [-0.25, -0.2) is 9.59 Å². The van der Waals surface area contributed by atoms with Crippen molar-refractivity contribution in [2.24, 2.45) is 14.1 Å². The third-order valence-electron chi connectivity index (χ3n) is 12.8. The molecule has 79 heavy (non-hydrogen) atoms. The molecule has 0 aliphatic heterocycles. The van der Waals surface area contributed by atoms with Crippen LogP contribution < -0.4 is 22.5 Å². The number of aryl methyl sites for hydroxylation is 2. The fraction of sp³-hybridized carbons (Fsp3) is 0.333. The predicted molar refractivity (Wildman–Crippen MR) is 320 cm³/mol. The van der Waals surface area contributed by atoms with Gasteiger partial charge in [-0.3, -0.25) is 37.4 Å². The van der Waals surface area contributed by atoms with Gasteiger partial charge in [0.1, 0.15) is 15.8 Å². The molecule has 422 valence electrons. The molecule has 0 saturated carbocycles. The molecule has 1 unspecified atom stereocenters. The second kappa shape index (κ2) is 29.8. The number of aromatic nitrogens is 4. The van der Waals surface area contributed by atoms with Gasteiger partial charge in [0.15, 0.2) is 0 Å². The molecule has 0 radical (unpaired) electrons. The van der Waals surface area contributed by atoms with Crippen molar-refractivity contribution >= 4 is 111 Å². The minimum atomic E-state index is -4.64. The molecule has 0 amide bonds. The summed E-state index contributed by atoms with van der Waals surface area (Å²) in [6.45, 7) is 10.9. The summed E-state index contributed by atoms with van der Waals surface area (Å²) < 4.78 is 41.7. The number of esters is 1. The zero-order chi connectivity index (χ0) is 58.3. The lowest BCUT2D eigenvalue weighted by atomic mass is 9.97. The summed E-state index contributed by atoms with van der Waals surface area (Å²) in [4.78, 5) is 75.5. The zero-order valence-electron chi connectivity index (χ0n) is 44.6. The number of aliphatic hydroxyl groups excluding tert-OH is 1. The van der Waals surface area contributed by atoms with Gasteiger partial charge in [-0.15, -0.1) is 22.7 Å². The summed E-state index contributed by atoms with van der Waals surface area (Å²) in [6, 6.07) is 33.5. The molecule has 0 bridgehead atoms. The van der Waals surface area contributed by atoms with Crippen molar-refractivity contribution in [3.63, 3.8) is 0 Å². The van der Waals surface area contributed by atoms with E-state index in [-0.39, 0.29) is 38.8 Å². The van der Waals surface area contributed by atoms with Crippen LogP contribution in [0.15, 0.2) is 116 Å². The molecular formula is C57H61Cl4F3N4O8S2Si. The average molecular weight is 1220 g/mol. The first-order valence-corrected chi connectivity index (χ1v) is 31.0. The molecule has 0 saturated heterocycles. The standard InChI is InChI=1S/C25H22Cl2N2O4S.C24H22Cl2N2O3S.C6H16Si.C2HF3O/c1-15(30)33-12-4-11-29-23(31)21-20(13-16-7-9-18(26)10-8-16)22(17-5-3-6-19(27)14-17)34-24(21)28(2)25(29)32;1-3-4-12-28-22(30)19-18(20(29)14-8-10-16(25)11-9-14)21(15-6-5-7-17(26)13-15)32-23(19)27(2)24(28)31;1-4-7(5-2)6-3;3-2(4,5)1-6/h3,5-10,14H,4,11-13H2,1-2H3;5-11,13,20,29H,3-4,12H2,1-2H3;7H,4-6H2,1-3H3;1H. The lowest BCUT2D eigenvalue weighted by Crippen LogP contribution is -2.39. The second-order valence-corrected chi connectivity index (χ2v) is 26.2. The van der Waals surface area contributed by atoms with Crippen molar-refractivity contribution in [1.29, 1.82) is 0 Å². The Kier molecular flexibility index (Phi) is 24.2. The van der Waals surface area contributed by atoms with E-state index in [2.05, 4.69) is 20.8 Å². The number of halogens is 7. The summed E-state index contributed by atoms with van der Waals surface area (Å²) in [5.41, 5.74) is 3.05. The van der Waals surface area contributed by atoms with Gasteiger partial charge in [-0.05, 0) is 95.6 Å². The molecular weight excluding hydrogens is 1160 g/mol. The van der Waals surface area contributed by atoms with Gasteiger partial charge in [0, 0.05) is 78.3 Å². The number of hydrogen-bond donors (Lipinski definition) is 1. The highest BCUT2D eigenvalue weighted by Gasteiger charge is 2.28. The summed E-state index contributed by atoms with van der Waals surface area (Å²) in [5, 5.41) is 14.6. The zero-order valence-corrected chi connectivity index (χ0v) is 50.4. The number of ether oxygens (including phenoxy) is 1. The molecule has 0 fully saturated rings. The Bertz CT molecular complexity index is 3620. The Hall–Kier alpha value is -5.57. The third-order valence-corrected chi connectivity index (χ3v) is 20.0. The van der Waals surface area contributed by atoms with Crippen LogP contribution in [-0.4, -0.2) is 57.2 Å². The Morgan fingerprint density at radius 1 is 0.684 bits per heavy atom. The van der Waals surface area contributed by atoms with Gasteiger partial charge in [0.05, 0.1) is 17.4 Å². The number of aldehydes is 1. The molecule has 4 heterocycles. The van der Waals surface area contributed by atoms with Crippen molar-refractivity contribution in [2.75, 3.05) is 6.61 Å². The highest BCUT2D eigenvalue weighted by molar-refractivity contribution is 7.22. The summed E-state index contributed by atoms with van der Waals surface area (Å²) in [5.74, 6) is -0.398. The summed E-state index contributed by atoms with van der Waals surface area (Å²) in [7, 11) is 3.15. The van der Waals surface area contributed by atoms with Gasteiger partial charge < -0.3 is 9.84 Å². The van der Waals surface area contributed by atoms with Crippen LogP contribution in [-0.2, 0) is 47.9 Å². The number of alkyl halides is 3. The van der Waals surface area contributed by atoms with E-state index in [9.17, 15) is 42.3 Å². The maximum absolute atomic E-state index is 13.6. The Labute approximate surface area is 484 Å². The minimum absolute atomic E-state index is 0.137. The topological polar surface area (TPSA) is 152 Å². The molecule has 12 nitrogen and oxygen atoms in total. The van der Waals surface area contributed by atoms with E-state index in [0.717, 1.165) is 33.6 Å². The van der Waals surface area contributed by atoms with Crippen molar-refractivity contribution in [1.82, 2.24) is 18.3 Å². The fourth-order valence-electron chi connectivity index (χ4n) is 8.53. The molecule has 8 aromatic rings. The van der Waals surface area contributed by atoms with E-state index in [1.165, 1.54) is 66.0 Å². The monoisotopic (exact) mass is 1220 g/mol. The Morgan fingerprint density at radius 3 is 1.59 bits per heavy atom. The normalized spacial score (nSPS) is 11.6. The first-order chi connectivity index (χ1) is 37.5. The highest BCUT2D eigenvalue weighted by Crippen LogP contribution is 2.43. The molecule has 8 rings (SSSR count). The highest BCUT2D eigenvalue weighted by atomic mass is 35.5. The van der Waals surface area contributed by atoms with E-state index in [1.54, 1.807) is 56.6 Å². The number of aliphatic hydroxyl groups is 1. The first-order valence-electron chi connectivity index (χ1n) is 25.4. The third kappa shape index (κ3) is 16.8. The van der Waals surface area contributed by atoms with Crippen LogP contribution in [0.4, 0.5) is 13.2 Å². The first kappa shape index (κ1) is 64.2. The van der Waals surface area contributed by atoms with E-state index in [1.807, 2.05) is 61.5 Å². The molecule has 0 spiro atoms. The van der Waals surface area contributed by atoms with Crippen LogP contribution in [0.1, 0.15) is 82.2 Å². The molecule has 4 aromatic heterocycles. The summed E-state index contributed by atoms with van der Waals surface area (Å²) in [6.07, 6.45) is -4.38. The van der Waals surface area contributed by atoms with Crippen molar-refractivity contribution in [3.05, 3.63) is 181 Å². The van der Waals surface area contributed by atoms with Crippen molar-refractivity contribution in [3.8, 4) is 20.9 Å². The number of rotatable bonds is 16. The molecule has 0 aliphatic rings. The van der Waals surface area contributed by atoms with Crippen molar-refractivity contribution in [2.45, 2.75) is 104 Å². The fourth-order valence-corrected chi connectivity index (χ4v) is 13.4. The smallest absolute Gasteiger partial charge is 0.446 e. The van der Waals surface area contributed by atoms with E-state index < -0.39 is 30.2 Å². The number of carbonyl (C=O) groups excluding carboxylic acids is 2. The van der Waals surface area contributed by atoms with Crippen LogP contribution in [0.25, 0.3) is 41.3 Å². The lowest BCUT2D eigenvalue weighted by molar-refractivity contribution is -0.156. The van der Waals surface area contributed by atoms with E-state index >= 15 is 0 Å². The quantitative estimate of drug-likeness (QED) is 0.0434. The Balaban J connectivity index is 0.000000238. The summed E-state index contributed by atoms with van der Waals surface area (Å²) >= 11 is 27.3. The number of thiophene rings is 2. The van der Waals surface area contributed by atoms with Crippen LogP contribution in [0.2, 0.25) is 38.2 Å². The van der Waals surface area contributed by atoms with Gasteiger partial charge >= 0.3 is 23.5 Å². The largest absolute Gasteiger partial charge is 0.466 e. The molecule has 4 aromatic carbocycles. The van der Waals surface area contributed by atoms with Gasteiger partial charge in [0.25, 0.3) is 11.1 Å². The maximum Gasteiger partial charge on any atom is 0.446 e. The number of carbonyl (C=O) groups is 2. The Morgan fingerprint density at radius 2 is 1.14 bits per heavy atom. The van der Waals surface area contributed by atoms with Gasteiger partial charge in [-0.2, -0.15) is 13.2 Å². The predicted octanol–water partition coefficient (Wildman–Crippen LogP) is 13.9. The molecule has 1 N–H and O–H groups in total. The molecule has 22 heteroatoms. The van der Waals surface area contributed by atoms with Crippen LogP contribution >= 0.6 is 69.1 Å². The van der Waals surface area contributed by atoms with E-state index in [4.69, 9.17) is 55.9 Å². The minimum Gasteiger partial charge on any atom is -0.466 e. The molecule has 0 aliphatic carbocycles. The van der Waals surface area contributed by atoms with E-state index in [0.29, 0.717) is 82.3 Å². The lowest BCUT2D eigenvalue weighted by Gasteiger charge is -2.14. The van der Waals surface area contributed by atoms with Gasteiger partial charge in [0.2, 0.25) is 6.29 Å². The maximum atomic E-state index is 13.6. The van der Waals surface area contributed by atoms with Gasteiger partial charge in [-0.1, -0.05) is 147 Å².